The van der Waals surface area contributed by atoms with Gasteiger partial charge in [0.1, 0.15) is 0 Å². The highest BCUT2D eigenvalue weighted by Gasteiger charge is 2.15. The number of hydrogen-bond acceptors (Lipinski definition) is 3. The molecular formula is C12H14ClNOS2. The lowest BCUT2D eigenvalue weighted by atomic mass is 10.3. The number of hydrogen-bond donors (Lipinski definition) is 0. The first-order chi connectivity index (χ1) is 8.08. The quantitative estimate of drug-likeness (QED) is 0.777. The van der Waals surface area contributed by atoms with E-state index in [0.717, 1.165) is 11.3 Å². The molecule has 0 aromatic carbocycles. The van der Waals surface area contributed by atoms with E-state index in [4.69, 9.17) is 11.6 Å². The van der Waals surface area contributed by atoms with Crippen molar-refractivity contribution in [3.05, 3.63) is 22.4 Å². The molecule has 0 bridgehead atoms. The summed E-state index contributed by atoms with van der Waals surface area (Å²) in [6.07, 6.45) is 0.823. The molecule has 0 aliphatic heterocycles. The van der Waals surface area contributed by atoms with Crippen molar-refractivity contribution in [2.75, 3.05) is 13.6 Å². The third kappa shape index (κ3) is 3.00. The van der Waals surface area contributed by atoms with Gasteiger partial charge < -0.3 is 4.90 Å². The molecule has 0 aliphatic rings. The Balaban J connectivity index is 2.06. The Morgan fingerprint density at radius 3 is 2.94 bits per heavy atom. The van der Waals surface area contributed by atoms with Crippen LogP contribution in [0.25, 0.3) is 9.40 Å². The van der Waals surface area contributed by atoms with Gasteiger partial charge in [0, 0.05) is 28.4 Å². The van der Waals surface area contributed by atoms with Crippen molar-refractivity contribution in [3.8, 4) is 0 Å². The van der Waals surface area contributed by atoms with Gasteiger partial charge >= 0.3 is 0 Å². The fraction of sp³-hybridized carbons (Fsp3) is 0.417. The molecule has 0 saturated heterocycles. The van der Waals surface area contributed by atoms with Crippen LogP contribution in [0.1, 0.15) is 23.0 Å². The maximum Gasteiger partial charge on any atom is 0.263 e. The van der Waals surface area contributed by atoms with Gasteiger partial charge in [-0.25, -0.2) is 0 Å². The van der Waals surface area contributed by atoms with Gasteiger partial charge in [0.25, 0.3) is 5.91 Å². The summed E-state index contributed by atoms with van der Waals surface area (Å²) in [5.41, 5.74) is 0. The molecule has 0 radical (unpaired) electrons. The van der Waals surface area contributed by atoms with Gasteiger partial charge in [-0.1, -0.05) is 0 Å². The largest absolute Gasteiger partial charge is 0.341 e. The number of thiophene rings is 2. The monoisotopic (exact) mass is 287 g/mol. The van der Waals surface area contributed by atoms with Gasteiger partial charge in [-0.15, -0.1) is 34.3 Å². The number of fused-ring (bicyclic) bond motifs is 1. The number of alkyl halides is 1. The van der Waals surface area contributed by atoms with Crippen molar-refractivity contribution in [1.29, 1.82) is 0 Å². The highest BCUT2D eigenvalue weighted by Crippen LogP contribution is 2.30. The van der Waals surface area contributed by atoms with Gasteiger partial charge in [0.2, 0.25) is 0 Å². The molecule has 2 heterocycles. The van der Waals surface area contributed by atoms with E-state index < -0.39 is 0 Å². The molecule has 17 heavy (non-hydrogen) atoms. The van der Waals surface area contributed by atoms with Crippen LogP contribution in [0, 0.1) is 0 Å². The standard InChI is InChI=1S/C12H14ClNOS2/c1-8(13)3-5-14(2)12(15)11-7-10-9(17-11)4-6-16-10/h4,6-8H,3,5H2,1-2H3. The van der Waals surface area contributed by atoms with Crippen LogP contribution in [0.3, 0.4) is 0 Å². The molecule has 0 saturated carbocycles. The molecule has 2 aromatic rings. The van der Waals surface area contributed by atoms with E-state index in [-0.39, 0.29) is 11.3 Å². The van der Waals surface area contributed by atoms with Crippen LogP contribution in [-0.2, 0) is 0 Å². The lowest BCUT2D eigenvalue weighted by Gasteiger charge is -2.16. The van der Waals surface area contributed by atoms with Crippen LogP contribution in [0.4, 0.5) is 0 Å². The zero-order chi connectivity index (χ0) is 12.4. The van der Waals surface area contributed by atoms with E-state index >= 15 is 0 Å². The average molecular weight is 288 g/mol. The number of nitrogens with zero attached hydrogens (tertiary/aromatic N) is 1. The Morgan fingerprint density at radius 1 is 1.53 bits per heavy atom. The van der Waals surface area contributed by atoms with Crippen LogP contribution < -0.4 is 0 Å². The van der Waals surface area contributed by atoms with Crippen molar-refractivity contribution >= 4 is 49.6 Å². The van der Waals surface area contributed by atoms with E-state index in [1.807, 2.05) is 25.4 Å². The first kappa shape index (κ1) is 12.9. The van der Waals surface area contributed by atoms with Gasteiger partial charge in [-0.3, -0.25) is 4.79 Å². The summed E-state index contributed by atoms with van der Waals surface area (Å²) < 4.78 is 2.38. The van der Waals surface area contributed by atoms with E-state index in [0.29, 0.717) is 6.54 Å². The third-order valence-electron chi connectivity index (χ3n) is 2.56. The van der Waals surface area contributed by atoms with Crippen LogP contribution in [-0.4, -0.2) is 29.8 Å². The van der Waals surface area contributed by atoms with Gasteiger partial charge in [0.05, 0.1) is 4.88 Å². The highest BCUT2D eigenvalue weighted by atomic mass is 35.5. The second-order valence-corrected chi connectivity index (χ2v) is 6.83. The molecule has 0 fully saturated rings. The minimum Gasteiger partial charge on any atom is -0.341 e. The van der Waals surface area contributed by atoms with Crippen LogP contribution >= 0.6 is 34.3 Å². The summed E-state index contributed by atoms with van der Waals surface area (Å²) in [6, 6.07) is 4.04. The molecule has 0 aliphatic carbocycles. The second kappa shape index (κ2) is 5.38. The zero-order valence-corrected chi connectivity index (χ0v) is 12.2. The summed E-state index contributed by atoms with van der Waals surface area (Å²) >= 11 is 9.12. The number of halogens is 1. The fourth-order valence-corrected chi connectivity index (χ4v) is 3.73. The maximum atomic E-state index is 12.1. The summed E-state index contributed by atoms with van der Waals surface area (Å²) in [6.45, 7) is 2.65. The molecule has 1 amide bonds. The minimum atomic E-state index is 0.0933. The number of amides is 1. The molecule has 1 unspecified atom stereocenters. The first-order valence-electron chi connectivity index (χ1n) is 5.44. The van der Waals surface area contributed by atoms with Crippen molar-refractivity contribution in [1.82, 2.24) is 4.90 Å². The number of carbonyl (C=O) groups is 1. The molecule has 0 N–H and O–H groups in total. The SMILES string of the molecule is CC(Cl)CCN(C)C(=O)c1cc2sccc2s1. The Kier molecular flexibility index (Phi) is 4.07. The number of rotatable bonds is 4. The smallest absolute Gasteiger partial charge is 0.263 e. The van der Waals surface area contributed by atoms with Crippen LogP contribution in [0.15, 0.2) is 17.5 Å². The van der Waals surface area contributed by atoms with E-state index in [1.165, 1.54) is 9.40 Å². The first-order valence-corrected chi connectivity index (χ1v) is 7.58. The Bertz CT molecular complexity index is 489. The second-order valence-electron chi connectivity index (χ2n) is 4.06. The fourth-order valence-electron chi connectivity index (χ4n) is 1.53. The van der Waals surface area contributed by atoms with Gasteiger partial charge in [-0.05, 0) is 30.9 Å². The number of carbonyl (C=O) groups excluding carboxylic acids is 1. The predicted octanol–water partition coefficient (Wildman–Crippen LogP) is 4.05. The topological polar surface area (TPSA) is 20.3 Å². The molecule has 2 nitrogen and oxygen atoms in total. The summed E-state index contributed by atoms with van der Waals surface area (Å²) in [7, 11) is 1.83. The van der Waals surface area contributed by atoms with Crippen molar-refractivity contribution in [2.24, 2.45) is 0 Å². The van der Waals surface area contributed by atoms with Crippen LogP contribution in [0.2, 0.25) is 0 Å². The average Bonchev–Trinajstić information content (AvgIpc) is 2.84. The molecule has 0 spiro atoms. The van der Waals surface area contributed by atoms with E-state index in [2.05, 4.69) is 6.07 Å². The maximum absolute atomic E-state index is 12.1. The summed E-state index contributed by atoms with van der Waals surface area (Å²) in [5, 5.41) is 2.16. The molecule has 1 atom stereocenters. The van der Waals surface area contributed by atoms with Crippen molar-refractivity contribution < 1.29 is 4.79 Å². The van der Waals surface area contributed by atoms with Crippen molar-refractivity contribution in [2.45, 2.75) is 18.7 Å². The minimum absolute atomic E-state index is 0.0933. The third-order valence-corrected chi connectivity index (χ3v) is 4.86. The molecule has 5 heteroatoms. The molecule has 2 rings (SSSR count). The highest BCUT2D eigenvalue weighted by molar-refractivity contribution is 7.27. The van der Waals surface area contributed by atoms with Crippen LogP contribution in [0.5, 0.6) is 0 Å². The lowest BCUT2D eigenvalue weighted by molar-refractivity contribution is 0.0798. The van der Waals surface area contributed by atoms with E-state index in [9.17, 15) is 4.79 Å². The zero-order valence-electron chi connectivity index (χ0n) is 9.77. The van der Waals surface area contributed by atoms with Gasteiger partial charge in [0.15, 0.2) is 0 Å². The predicted molar refractivity (Wildman–Crippen MR) is 76.6 cm³/mol. The lowest BCUT2D eigenvalue weighted by Crippen LogP contribution is -2.28. The van der Waals surface area contributed by atoms with E-state index in [1.54, 1.807) is 27.6 Å². The van der Waals surface area contributed by atoms with Crippen molar-refractivity contribution in [3.63, 3.8) is 0 Å². The Morgan fingerprint density at radius 2 is 2.29 bits per heavy atom. The Labute approximate surface area is 114 Å². The summed E-state index contributed by atoms with van der Waals surface area (Å²) in [5.74, 6) is 0.0933. The molecule has 2 aromatic heterocycles. The molecule has 92 valence electrons. The Hall–Kier alpha value is -0.580. The molecular weight excluding hydrogens is 274 g/mol. The summed E-state index contributed by atoms with van der Waals surface area (Å²) in [4.78, 5) is 14.7. The van der Waals surface area contributed by atoms with Gasteiger partial charge in [-0.2, -0.15) is 0 Å². The normalized spacial score (nSPS) is 12.9.